The molecule has 1 fully saturated rings. The predicted molar refractivity (Wildman–Crippen MR) is 85.9 cm³/mol. The van der Waals surface area contributed by atoms with E-state index in [1.807, 2.05) is 26.1 Å². The number of ketones is 1. The van der Waals surface area contributed by atoms with Crippen molar-refractivity contribution in [2.24, 2.45) is 0 Å². The first kappa shape index (κ1) is 16.0. The minimum Gasteiger partial charge on any atom is -0.496 e. The van der Waals surface area contributed by atoms with Crippen molar-refractivity contribution in [3.63, 3.8) is 0 Å². The van der Waals surface area contributed by atoms with E-state index in [2.05, 4.69) is 11.4 Å². The number of hydrogen-bond acceptors (Lipinski definition) is 3. The summed E-state index contributed by atoms with van der Waals surface area (Å²) in [5.74, 6) is 1.12. The Hall–Kier alpha value is -1.35. The first-order chi connectivity index (χ1) is 10.1. The normalized spacial score (nSPS) is 17.5. The van der Waals surface area contributed by atoms with E-state index in [4.69, 9.17) is 4.74 Å². The van der Waals surface area contributed by atoms with Crippen molar-refractivity contribution in [2.75, 3.05) is 14.2 Å². The molecule has 3 heteroatoms. The van der Waals surface area contributed by atoms with Gasteiger partial charge in [-0.05, 0) is 32.9 Å². The van der Waals surface area contributed by atoms with Crippen LogP contribution in [-0.2, 0) is 11.2 Å². The zero-order chi connectivity index (χ0) is 15.3. The SMILES string of the molecule is CNC1(CC(=O)Cc2cc(C)ccc2OC)CCCCC1. The Balaban J connectivity index is 2.05. The van der Waals surface area contributed by atoms with Crippen molar-refractivity contribution in [2.45, 2.75) is 57.4 Å². The topological polar surface area (TPSA) is 38.3 Å². The van der Waals surface area contributed by atoms with Crippen molar-refractivity contribution in [3.8, 4) is 5.75 Å². The summed E-state index contributed by atoms with van der Waals surface area (Å²) < 4.78 is 5.37. The highest BCUT2D eigenvalue weighted by molar-refractivity contribution is 5.82. The highest BCUT2D eigenvalue weighted by atomic mass is 16.5. The van der Waals surface area contributed by atoms with Gasteiger partial charge in [0.05, 0.1) is 7.11 Å². The fourth-order valence-electron chi connectivity index (χ4n) is 3.44. The van der Waals surface area contributed by atoms with Gasteiger partial charge in [0.2, 0.25) is 0 Å². The standard InChI is InChI=1S/C18H27NO2/c1-14-7-8-17(21-3)15(11-14)12-16(20)13-18(19-2)9-5-4-6-10-18/h7-8,11,19H,4-6,9-10,12-13H2,1-3H3. The van der Waals surface area contributed by atoms with Gasteiger partial charge in [0.1, 0.15) is 11.5 Å². The van der Waals surface area contributed by atoms with Crippen LogP contribution in [0.15, 0.2) is 18.2 Å². The van der Waals surface area contributed by atoms with Crippen molar-refractivity contribution >= 4 is 5.78 Å². The number of methoxy groups -OCH3 is 1. The van der Waals surface area contributed by atoms with Gasteiger partial charge >= 0.3 is 0 Å². The monoisotopic (exact) mass is 289 g/mol. The fourth-order valence-corrected chi connectivity index (χ4v) is 3.44. The quantitative estimate of drug-likeness (QED) is 0.872. The Kier molecular flexibility index (Phi) is 5.40. The summed E-state index contributed by atoms with van der Waals surface area (Å²) in [6.45, 7) is 2.05. The number of hydrogen-bond donors (Lipinski definition) is 1. The second-order valence-corrected chi connectivity index (χ2v) is 6.30. The van der Waals surface area contributed by atoms with E-state index in [1.54, 1.807) is 7.11 Å². The van der Waals surface area contributed by atoms with Crippen molar-refractivity contribution in [1.29, 1.82) is 0 Å². The average molecular weight is 289 g/mol. The maximum atomic E-state index is 12.5. The summed E-state index contributed by atoms with van der Waals surface area (Å²) in [6.07, 6.45) is 7.06. The molecule has 0 bridgehead atoms. The van der Waals surface area contributed by atoms with Crippen LogP contribution in [0, 0.1) is 6.92 Å². The van der Waals surface area contributed by atoms with Gasteiger partial charge in [-0.2, -0.15) is 0 Å². The molecule has 3 nitrogen and oxygen atoms in total. The molecule has 2 rings (SSSR count). The summed E-state index contributed by atoms with van der Waals surface area (Å²) >= 11 is 0. The second kappa shape index (κ2) is 7.08. The van der Waals surface area contributed by atoms with Gasteiger partial charge in [-0.25, -0.2) is 0 Å². The van der Waals surface area contributed by atoms with E-state index in [-0.39, 0.29) is 5.54 Å². The lowest BCUT2D eigenvalue weighted by Gasteiger charge is -2.36. The van der Waals surface area contributed by atoms with Crippen molar-refractivity contribution in [1.82, 2.24) is 5.32 Å². The van der Waals surface area contributed by atoms with Crippen LogP contribution in [0.3, 0.4) is 0 Å². The van der Waals surface area contributed by atoms with Gasteiger partial charge in [-0.3, -0.25) is 4.79 Å². The molecule has 0 atom stereocenters. The molecule has 0 aromatic heterocycles. The van der Waals surface area contributed by atoms with Crippen LogP contribution in [0.1, 0.15) is 49.7 Å². The number of benzene rings is 1. The van der Waals surface area contributed by atoms with Gasteiger partial charge in [0, 0.05) is 23.9 Å². The summed E-state index contributed by atoms with van der Waals surface area (Å²) in [5, 5.41) is 3.42. The Morgan fingerprint density at radius 3 is 2.62 bits per heavy atom. The van der Waals surface area contributed by atoms with Gasteiger partial charge < -0.3 is 10.1 Å². The predicted octanol–water partition coefficient (Wildman–Crippen LogP) is 3.43. The van der Waals surface area contributed by atoms with Crippen LogP contribution < -0.4 is 10.1 Å². The Morgan fingerprint density at radius 1 is 1.29 bits per heavy atom. The van der Waals surface area contributed by atoms with Crippen LogP contribution in [0.25, 0.3) is 0 Å². The number of ether oxygens (including phenoxy) is 1. The third-order valence-corrected chi connectivity index (χ3v) is 4.70. The zero-order valence-electron chi connectivity index (χ0n) is 13.5. The zero-order valence-corrected chi connectivity index (χ0v) is 13.5. The van der Waals surface area contributed by atoms with E-state index < -0.39 is 0 Å². The molecule has 0 saturated heterocycles. The Morgan fingerprint density at radius 2 is 2.00 bits per heavy atom. The molecule has 1 saturated carbocycles. The highest BCUT2D eigenvalue weighted by Crippen LogP contribution is 2.31. The summed E-state index contributed by atoms with van der Waals surface area (Å²) in [6, 6.07) is 6.03. The van der Waals surface area contributed by atoms with Crippen molar-refractivity contribution < 1.29 is 9.53 Å². The first-order valence-electron chi connectivity index (χ1n) is 7.93. The van der Waals surface area contributed by atoms with Gasteiger partial charge in [0.25, 0.3) is 0 Å². The summed E-state index contributed by atoms with van der Waals surface area (Å²) in [7, 11) is 3.65. The van der Waals surface area contributed by atoms with E-state index >= 15 is 0 Å². The molecule has 0 heterocycles. The van der Waals surface area contributed by atoms with Gasteiger partial charge in [-0.15, -0.1) is 0 Å². The Bertz CT molecular complexity index is 490. The maximum absolute atomic E-state index is 12.5. The Labute approximate surface area is 128 Å². The third-order valence-electron chi connectivity index (χ3n) is 4.70. The maximum Gasteiger partial charge on any atom is 0.139 e. The molecule has 116 valence electrons. The minimum atomic E-state index is 0.0202. The number of nitrogens with one attached hydrogen (secondary N) is 1. The molecule has 0 radical (unpaired) electrons. The van der Waals surface area contributed by atoms with E-state index in [0.717, 1.165) is 24.2 Å². The largest absolute Gasteiger partial charge is 0.496 e. The van der Waals surface area contributed by atoms with E-state index in [9.17, 15) is 4.79 Å². The second-order valence-electron chi connectivity index (χ2n) is 6.30. The lowest BCUT2D eigenvalue weighted by atomic mass is 9.77. The molecule has 0 amide bonds. The lowest BCUT2D eigenvalue weighted by Crippen LogP contribution is -2.46. The third kappa shape index (κ3) is 4.07. The molecule has 0 spiro atoms. The highest BCUT2D eigenvalue weighted by Gasteiger charge is 2.32. The van der Waals surface area contributed by atoms with Crippen LogP contribution in [0.5, 0.6) is 5.75 Å². The molecule has 1 aliphatic rings. The van der Waals surface area contributed by atoms with Gasteiger partial charge in [0.15, 0.2) is 0 Å². The number of carbonyl (C=O) groups is 1. The van der Waals surface area contributed by atoms with Crippen LogP contribution in [-0.4, -0.2) is 25.5 Å². The van der Waals surface area contributed by atoms with E-state index in [0.29, 0.717) is 18.6 Å². The van der Waals surface area contributed by atoms with Gasteiger partial charge in [-0.1, -0.05) is 37.0 Å². The smallest absolute Gasteiger partial charge is 0.139 e. The molecule has 0 unspecified atom stereocenters. The molecular weight excluding hydrogens is 262 g/mol. The number of Topliss-reactive ketones (excluding diaryl/α,β-unsaturated/α-hetero) is 1. The molecule has 1 aromatic rings. The van der Waals surface area contributed by atoms with Crippen LogP contribution >= 0.6 is 0 Å². The summed E-state index contributed by atoms with van der Waals surface area (Å²) in [5.41, 5.74) is 2.19. The molecule has 1 aromatic carbocycles. The lowest BCUT2D eigenvalue weighted by molar-refractivity contribution is -0.120. The van der Waals surface area contributed by atoms with Crippen molar-refractivity contribution in [3.05, 3.63) is 29.3 Å². The summed E-state index contributed by atoms with van der Waals surface area (Å²) in [4.78, 5) is 12.5. The van der Waals surface area contributed by atoms with E-state index in [1.165, 1.54) is 24.8 Å². The number of aryl methyl sites for hydroxylation is 1. The molecule has 1 N–H and O–H groups in total. The molecule has 0 aliphatic heterocycles. The van der Waals surface area contributed by atoms with Crippen LogP contribution in [0.2, 0.25) is 0 Å². The molecule has 1 aliphatic carbocycles. The first-order valence-corrected chi connectivity index (χ1v) is 7.93. The molecule has 21 heavy (non-hydrogen) atoms. The minimum absolute atomic E-state index is 0.0202. The average Bonchev–Trinajstić information content (AvgIpc) is 2.48. The number of carbonyl (C=O) groups excluding carboxylic acids is 1. The number of rotatable bonds is 6. The molecular formula is C18H27NO2. The fraction of sp³-hybridized carbons (Fsp3) is 0.611. The van der Waals surface area contributed by atoms with Crippen LogP contribution in [0.4, 0.5) is 0 Å².